The van der Waals surface area contributed by atoms with E-state index in [4.69, 9.17) is 0 Å². The highest BCUT2D eigenvalue weighted by Gasteiger charge is 2.14. The van der Waals surface area contributed by atoms with Crippen molar-refractivity contribution in [3.63, 3.8) is 0 Å². The molecule has 3 aromatic rings. The number of rotatable bonds is 6. The number of nitrogens with zero attached hydrogens (tertiary/aromatic N) is 2. The van der Waals surface area contributed by atoms with Crippen LogP contribution >= 0.6 is 11.3 Å². The van der Waals surface area contributed by atoms with Crippen LogP contribution in [-0.2, 0) is 4.79 Å². The zero-order valence-corrected chi connectivity index (χ0v) is 16.1. The Morgan fingerprint density at radius 1 is 1.18 bits per heavy atom. The van der Waals surface area contributed by atoms with E-state index < -0.39 is 4.92 Å². The normalized spacial score (nSPS) is 10.6. The molecule has 0 aliphatic heterocycles. The Hall–Kier alpha value is -3.33. The van der Waals surface area contributed by atoms with Crippen LogP contribution in [0.15, 0.2) is 36.4 Å². The van der Waals surface area contributed by atoms with Gasteiger partial charge in [-0.2, -0.15) is 0 Å². The standard InChI is InChI=1S/C19H18N4O4S/c1-3-4-17(24)22-19-21-14-7-6-13(10-16(14)28-19)20-18(25)12-5-8-15(23(26)27)11(2)9-12/h5-10H,3-4H2,1-2H3,(H,20,25)(H,21,22,24). The van der Waals surface area contributed by atoms with Crippen molar-refractivity contribution >= 4 is 49.9 Å². The first kappa shape index (κ1) is 19.4. The number of hydrogen-bond donors (Lipinski definition) is 2. The number of aryl methyl sites for hydroxylation is 1. The summed E-state index contributed by atoms with van der Waals surface area (Å²) in [5.74, 6) is -0.443. The molecule has 0 bridgehead atoms. The smallest absolute Gasteiger partial charge is 0.272 e. The van der Waals surface area contributed by atoms with Crippen molar-refractivity contribution in [3.05, 3.63) is 57.6 Å². The average Bonchev–Trinajstić information content (AvgIpc) is 3.02. The summed E-state index contributed by atoms with van der Waals surface area (Å²) < 4.78 is 0.824. The lowest BCUT2D eigenvalue weighted by atomic mass is 10.1. The third-order valence-corrected chi connectivity index (χ3v) is 4.96. The second kappa shape index (κ2) is 8.13. The number of fused-ring (bicyclic) bond motifs is 1. The molecule has 1 aromatic heterocycles. The topological polar surface area (TPSA) is 114 Å². The number of hydrogen-bond acceptors (Lipinski definition) is 6. The molecule has 0 saturated carbocycles. The molecule has 2 N–H and O–H groups in total. The molecule has 144 valence electrons. The quantitative estimate of drug-likeness (QED) is 0.468. The molecule has 9 heteroatoms. The minimum absolute atomic E-state index is 0.0275. The molecule has 0 saturated heterocycles. The maximum absolute atomic E-state index is 12.5. The monoisotopic (exact) mass is 398 g/mol. The lowest BCUT2D eigenvalue weighted by molar-refractivity contribution is -0.385. The van der Waals surface area contributed by atoms with Crippen LogP contribution in [0.5, 0.6) is 0 Å². The Labute approximate surface area is 164 Å². The van der Waals surface area contributed by atoms with Crippen molar-refractivity contribution in [2.45, 2.75) is 26.7 Å². The van der Waals surface area contributed by atoms with Crippen LogP contribution in [0.3, 0.4) is 0 Å². The Morgan fingerprint density at radius 3 is 2.64 bits per heavy atom. The molecule has 0 radical (unpaired) electrons. The summed E-state index contributed by atoms with van der Waals surface area (Å²) in [6.45, 7) is 3.52. The van der Waals surface area contributed by atoms with Gasteiger partial charge >= 0.3 is 0 Å². The molecule has 3 rings (SSSR count). The van der Waals surface area contributed by atoms with E-state index in [0.29, 0.717) is 28.4 Å². The van der Waals surface area contributed by atoms with E-state index >= 15 is 0 Å². The summed E-state index contributed by atoms with van der Waals surface area (Å²) in [6, 6.07) is 9.49. The van der Waals surface area contributed by atoms with E-state index in [1.54, 1.807) is 25.1 Å². The van der Waals surface area contributed by atoms with Crippen LogP contribution in [0, 0.1) is 17.0 Å². The molecule has 28 heavy (non-hydrogen) atoms. The van der Waals surface area contributed by atoms with Crippen LogP contribution < -0.4 is 10.6 Å². The van der Waals surface area contributed by atoms with Gasteiger partial charge in [0.15, 0.2) is 5.13 Å². The maximum atomic E-state index is 12.5. The lowest BCUT2D eigenvalue weighted by Gasteiger charge is -2.06. The van der Waals surface area contributed by atoms with E-state index in [-0.39, 0.29) is 17.5 Å². The van der Waals surface area contributed by atoms with Crippen LogP contribution in [-0.4, -0.2) is 21.7 Å². The van der Waals surface area contributed by atoms with Gasteiger partial charge in [-0.05, 0) is 43.7 Å². The Bertz CT molecular complexity index is 1080. The molecule has 1 heterocycles. The minimum Gasteiger partial charge on any atom is -0.322 e. The summed E-state index contributed by atoms with van der Waals surface area (Å²) in [6.07, 6.45) is 1.20. The minimum atomic E-state index is -0.481. The number of carbonyl (C=O) groups is 2. The highest BCUT2D eigenvalue weighted by atomic mass is 32.1. The van der Waals surface area contributed by atoms with Gasteiger partial charge in [-0.3, -0.25) is 19.7 Å². The van der Waals surface area contributed by atoms with Gasteiger partial charge in [0.1, 0.15) is 0 Å². The molecular weight excluding hydrogens is 380 g/mol. The SMILES string of the molecule is CCCC(=O)Nc1nc2ccc(NC(=O)c3ccc([N+](=O)[O-])c(C)c3)cc2s1. The second-order valence-corrected chi connectivity index (χ2v) is 7.24. The van der Waals surface area contributed by atoms with Crippen molar-refractivity contribution in [2.24, 2.45) is 0 Å². The predicted molar refractivity (Wildman–Crippen MR) is 109 cm³/mol. The first-order valence-corrected chi connectivity index (χ1v) is 9.46. The van der Waals surface area contributed by atoms with Crippen LogP contribution in [0.2, 0.25) is 0 Å². The number of amides is 2. The Balaban J connectivity index is 1.76. The first-order chi connectivity index (χ1) is 13.4. The number of nitro groups is 1. The number of thiazole rings is 1. The average molecular weight is 398 g/mol. The predicted octanol–water partition coefficient (Wildman–Crippen LogP) is 4.50. The molecule has 2 amide bonds. The number of nitrogens with one attached hydrogen (secondary N) is 2. The number of benzene rings is 2. The zero-order chi connectivity index (χ0) is 20.3. The van der Waals surface area contributed by atoms with Crippen LogP contribution in [0.4, 0.5) is 16.5 Å². The molecule has 0 aliphatic rings. The van der Waals surface area contributed by atoms with Gasteiger partial charge < -0.3 is 10.6 Å². The number of carbonyl (C=O) groups excluding carboxylic acids is 2. The third kappa shape index (κ3) is 4.32. The molecule has 2 aromatic carbocycles. The maximum Gasteiger partial charge on any atom is 0.272 e. The summed E-state index contributed by atoms with van der Waals surface area (Å²) in [5, 5.41) is 17.0. The van der Waals surface area contributed by atoms with Crippen molar-refractivity contribution in [2.75, 3.05) is 10.6 Å². The van der Waals surface area contributed by atoms with Crippen molar-refractivity contribution in [1.29, 1.82) is 0 Å². The fourth-order valence-corrected chi connectivity index (χ4v) is 3.59. The summed E-state index contributed by atoms with van der Waals surface area (Å²) in [4.78, 5) is 38.9. The van der Waals surface area contributed by atoms with Crippen LogP contribution in [0.25, 0.3) is 10.2 Å². The van der Waals surface area contributed by atoms with E-state index in [2.05, 4.69) is 15.6 Å². The molecule has 0 atom stereocenters. The lowest BCUT2D eigenvalue weighted by Crippen LogP contribution is -2.12. The van der Waals surface area contributed by atoms with Gasteiger partial charge in [-0.1, -0.05) is 18.3 Å². The highest BCUT2D eigenvalue weighted by molar-refractivity contribution is 7.22. The zero-order valence-electron chi connectivity index (χ0n) is 15.3. The Morgan fingerprint density at radius 2 is 1.96 bits per heavy atom. The van der Waals surface area contributed by atoms with Gasteiger partial charge in [-0.15, -0.1) is 0 Å². The summed E-state index contributed by atoms with van der Waals surface area (Å²) in [7, 11) is 0. The van der Waals surface area contributed by atoms with Gasteiger partial charge in [0.25, 0.3) is 11.6 Å². The number of aromatic nitrogens is 1. The highest BCUT2D eigenvalue weighted by Crippen LogP contribution is 2.29. The fourth-order valence-electron chi connectivity index (χ4n) is 2.67. The molecule has 0 unspecified atom stereocenters. The molecule has 0 aliphatic carbocycles. The molecular formula is C19H18N4O4S. The second-order valence-electron chi connectivity index (χ2n) is 6.21. The van der Waals surface area contributed by atoms with E-state index in [1.807, 2.05) is 6.92 Å². The van der Waals surface area contributed by atoms with E-state index in [0.717, 1.165) is 16.6 Å². The first-order valence-electron chi connectivity index (χ1n) is 8.64. The fraction of sp³-hybridized carbons (Fsp3) is 0.211. The summed E-state index contributed by atoms with van der Waals surface area (Å²) >= 11 is 1.33. The van der Waals surface area contributed by atoms with Gasteiger partial charge in [0.05, 0.1) is 15.1 Å². The number of anilines is 2. The van der Waals surface area contributed by atoms with Crippen LogP contribution in [0.1, 0.15) is 35.7 Å². The van der Waals surface area contributed by atoms with Crippen molar-refractivity contribution in [1.82, 2.24) is 4.98 Å². The van der Waals surface area contributed by atoms with Crippen molar-refractivity contribution < 1.29 is 14.5 Å². The Kier molecular flexibility index (Phi) is 5.65. The molecule has 8 nitrogen and oxygen atoms in total. The largest absolute Gasteiger partial charge is 0.322 e. The van der Waals surface area contributed by atoms with Gasteiger partial charge in [0.2, 0.25) is 5.91 Å². The van der Waals surface area contributed by atoms with Gasteiger partial charge in [0, 0.05) is 29.3 Å². The summed E-state index contributed by atoms with van der Waals surface area (Å²) in [5.41, 5.74) is 2.02. The third-order valence-electron chi connectivity index (χ3n) is 4.03. The van der Waals surface area contributed by atoms with Gasteiger partial charge in [-0.25, -0.2) is 4.98 Å². The van der Waals surface area contributed by atoms with E-state index in [1.165, 1.54) is 29.5 Å². The number of nitro benzene ring substituents is 1. The molecule has 0 spiro atoms. The van der Waals surface area contributed by atoms with E-state index in [9.17, 15) is 19.7 Å². The van der Waals surface area contributed by atoms with Crippen molar-refractivity contribution in [3.8, 4) is 0 Å². The molecule has 0 fully saturated rings.